The van der Waals surface area contributed by atoms with Gasteiger partial charge in [0.2, 0.25) is 0 Å². The Balaban J connectivity index is 1.92. The summed E-state index contributed by atoms with van der Waals surface area (Å²) in [5.41, 5.74) is 1.41. The topological polar surface area (TPSA) is 46.9 Å². The van der Waals surface area contributed by atoms with E-state index >= 15 is 0 Å². The summed E-state index contributed by atoms with van der Waals surface area (Å²) in [5, 5.41) is 9.73. The molecule has 5 heteroatoms. The molecule has 0 aliphatic carbocycles. The van der Waals surface area contributed by atoms with Gasteiger partial charge in [-0.25, -0.2) is 0 Å². The van der Waals surface area contributed by atoms with Crippen LogP contribution in [0.1, 0.15) is 10.4 Å². The number of carbonyl (C=O) groups is 1. The standard InChI is InChI=1S/C13H11N3OS/c1-16-7-9(6-14-16)15-13(17)11-8-18-12-5-3-2-4-10(11)12/h2-8H,1H3,(H,15,17). The highest BCUT2D eigenvalue weighted by atomic mass is 32.1. The van der Waals surface area contributed by atoms with Gasteiger partial charge in [0.1, 0.15) is 0 Å². The first kappa shape index (κ1) is 11.0. The first-order chi connectivity index (χ1) is 8.74. The number of thiophene rings is 1. The molecule has 1 amide bonds. The smallest absolute Gasteiger partial charge is 0.257 e. The first-order valence-corrected chi connectivity index (χ1v) is 6.38. The van der Waals surface area contributed by atoms with Crippen LogP contribution in [0.25, 0.3) is 10.1 Å². The lowest BCUT2D eigenvalue weighted by atomic mass is 10.1. The molecule has 3 aromatic rings. The summed E-state index contributed by atoms with van der Waals surface area (Å²) < 4.78 is 2.77. The molecule has 0 saturated carbocycles. The summed E-state index contributed by atoms with van der Waals surface area (Å²) in [6.45, 7) is 0. The van der Waals surface area contributed by atoms with E-state index < -0.39 is 0 Å². The summed E-state index contributed by atoms with van der Waals surface area (Å²) >= 11 is 1.58. The van der Waals surface area contributed by atoms with Gasteiger partial charge in [0.15, 0.2) is 0 Å². The van der Waals surface area contributed by atoms with Crippen LogP contribution >= 0.6 is 11.3 Å². The van der Waals surface area contributed by atoms with E-state index in [4.69, 9.17) is 0 Å². The zero-order valence-electron chi connectivity index (χ0n) is 9.75. The second-order valence-electron chi connectivity index (χ2n) is 4.00. The molecule has 4 nitrogen and oxygen atoms in total. The molecule has 1 N–H and O–H groups in total. The Morgan fingerprint density at radius 1 is 1.39 bits per heavy atom. The Hall–Kier alpha value is -2.14. The van der Waals surface area contributed by atoms with E-state index in [0.29, 0.717) is 11.3 Å². The predicted molar refractivity (Wildman–Crippen MR) is 73.0 cm³/mol. The Kier molecular flexibility index (Phi) is 2.60. The average molecular weight is 257 g/mol. The molecule has 0 aliphatic heterocycles. The largest absolute Gasteiger partial charge is 0.319 e. The van der Waals surface area contributed by atoms with Gasteiger partial charge in [0, 0.05) is 28.7 Å². The molecule has 0 fully saturated rings. The predicted octanol–water partition coefficient (Wildman–Crippen LogP) is 2.89. The van der Waals surface area contributed by atoms with Crippen molar-refractivity contribution in [2.75, 3.05) is 5.32 Å². The van der Waals surface area contributed by atoms with Gasteiger partial charge in [-0.1, -0.05) is 18.2 Å². The van der Waals surface area contributed by atoms with Crippen LogP contribution in [0.5, 0.6) is 0 Å². The van der Waals surface area contributed by atoms with Gasteiger partial charge in [-0.15, -0.1) is 11.3 Å². The van der Waals surface area contributed by atoms with Crippen molar-refractivity contribution >= 4 is 33.0 Å². The zero-order valence-corrected chi connectivity index (χ0v) is 10.6. The Bertz CT molecular complexity index is 714. The van der Waals surface area contributed by atoms with E-state index in [1.807, 2.05) is 36.7 Å². The van der Waals surface area contributed by atoms with Gasteiger partial charge in [-0.05, 0) is 6.07 Å². The normalized spacial score (nSPS) is 10.7. The Morgan fingerprint density at radius 2 is 2.22 bits per heavy atom. The van der Waals surface area contributed by atoms with Gasteiger partial charge in [0.05, 0.1) is 17.4 Å². The van der Waals surface area contributed by atoms with E-state index in [2.05, 4.69) is 10.4 Å². The lowest BCUT2D eigenvalue weighted by molar-refractivity contribution is 0.102. The van der Waals surface area contributed by atoms with Crippen LogP contribution in [-0.2, 0) is 7.05 Å². The van der Waals surface area contributed by atoms with Crippen molar-refractivity contribution in [3.63, 3.8) is 0 Å². The molecule has 0 spiro atoms. The number of hydrogen-bond acceptors (Lipinski definition) is 3. The number of carbonyl (C=O) groups excluding carboxylic acids is 1. The van der Waals surface area contributed by atoms with Gasteiger partial charge in [0.25, 0.3) is 5.91 Å². The highest BCUT2D eigenvalue weighted by molar-refractivity contribution is 7.17. The number of nitrogens with zero attached hydrogens (tertiary/aromatic N) is 2. The molecule has 3 rings (SSSR count). The monoisotopic (exact) mass is 257 g/mol. The Labute approximate surface area is 108 Å². The van der Waals surface area contributed by atoms with Crippen molar-refractivity contribution in [1.82, 2.24) is 9.78 Å². The molecule has 1 aromatic carbocycles. The lowest BCUT2D eigenvalue weighted by Crippen LogP contribution is -2.10. The highest BCUT2D eigenvalue weighted by Crippen LogP contribution is 2.26. The van der Waals surface area contributed by atoms with Crippen molar-refractivity contribution in [2.45, 2.75) is 0 Å². The minimum absolute atomic E-state index is 0.0968. The third-order valence-corrected chi connectivity index (χ3v) is 3.65. The molecule has 0 aliphatic rings. The number of rotatable bonds is 2. The summed E-state index contributed by atoms with van der Waals surface area (Å²) in [5.74, 6) is -0.0968. The number of hydrogen-bond donors (Lipinski definition) is 1. The molecule has 2 aromatic heterocycles. The fourth-order valence-electron chi connectivity index (χ4n) is 1.84. The number of amides is 1. The van der Waals surface area contributed by atoms with Crippen molar-refractivity contribution in [2.24, 2.45) is 7.05 Å². The fraction of sp³-hybridized carbons (Fsp3) is 0.0769. The SMILES string of the molecule is Cn1cc(NC(=O)c2csc3ccccc23)cn1. The fourth-order valence-corrected chi connectivity index (χ4v) is 2.78. The average Bonchev–Trinajstić information content (AvgIpc) is 2.95. The number of nitrogens with one attached hydrogen (secondary N) is 1. The van der Waals surface area contributed by atoms with Crippen molar-refractivity contribution in [3.05, 3.63) is 47.6 Å². The van der Waals surface area contributed by atoms with Gasteiger partial charge >= 0.3 is 0 Å². The van der Waals surface area contributed by atoms with Crippen molar-refractivity contribution < 1.29 is 4.79 Å². The molecule has 0 radical (unpaired) electrons. The summed E-state index contributed by atoms with van der Waals surface area (Å²) in [6.07, 6.45) is 3.40. The van der Waals surface area contributed by atoms with Gasteiger partial charge in [-0.3, -0.25) is 9.48 Å². The van der Waals surface area contributed by atoms with Crippen LogP contribution in [-0.4, -0.2) is 15.7 Å². The second-order valence-corrected chi connectivity index (χ2v) is 4.91. The Morgan fingerprint density at radius 3 is 3.00 bits per heavy atom. The molecule has 0 unspecified atom stereocenters. The van der Waals surface area contributed by atoms with E-state index in [1.165, 1.54) is 0 Å². The van der Waals surface area contributed by atoms with Crippen LogP contribution in [0.3, 0.4) is 0 Å². The summed E-state index contributed by atoms with van der Waals surface area (Å²) in [7, 11) is 1.82. The summed E-state index contributed by atoms with van der Waals surface area (Å²) in [6, 6.07) is 7.89. The molecular weight excluding hydrogens is 246 g/mol. The van der Waals surface area contributed by atoms with Crippen LogP contribution in [0, 0.1) is 0 Å². The van der Waals surface area contributed by atoms with Crippen LogP contribution < -0.4 is 5.32 Å². The molecule has 90 valence electrons. The van der Waals surface area contributed by atoms with Crippen LogP contribution in [0.4, 0.5) is 5.69 Å². The zero-order chi connectivity index (χ0) is 12.5. The van der Waals surface area contributed by atoms with E-state index in [-0.39, 0.29) is 5.91 Å². The molecular formula is C13H11N3OS. The van der Waals surface area contributed by atoms with E-state index in [1.54, 1.807) is 28.4 Å². The highest BCUT2D eigenvalue weighted by Gasteiger charge is 2.12. The number of anilines is 1. The van der Waals surface area contributed by atoms with E-state index in [0.717, 1.165) is 10.1 Å². The third-order valence-electron chi connectivity index (χ3n) is 2.69. The minimum atomic E-state index is -0.0968. The molecule has 0 bridgehead atoms. The molecule has 0 saturated heterocycles. The number of aromatic nitrogens is 2. The molecule has 0 atom stereocenters. The van der Waals surface area contributed by atoms with Gasteiger partial charge < -0.3 is 5.32 Å². The van der Waals surface area contributed by atoms with Crippen molar-refractivity contribution in [3.8, 4) is 0 Å². The quantitative estimate of drug-likeness (QED) is 0.767. The van der Waals surface area contributed by atoms with Crippen LogP contribution in [0.2, 0.25) is 0 Å². The maximum Gasteiger partial charge on any atom is 0.257 e. The van der Waals surface area contributed by atoms with Crippen LogP contribution in [0.15, 0.2) is 42.0 Å². The lowest BCUT2D eigenvalue weighted by Gasteiger charge is -2.00. The maximum atomic E-state index is 12.2. The molecule has 18 heavy (non-hydrogen) atoms. The number of fused-ring (bicyclic) bond motifs is 1. The molecule has 2 heterocycles. The van der Waals surface area contributed by atoms with Gasteiger partial charge in [-0.2, -0.15) is 5.10 Å². The maximum absolute atomic E-state index is 12.2. The number of aryl methyl sites for hydroxylation is 1. The van der Waals surface area contributed by atoms with Crippen molar-refractivity contribution in [1.29, 1.82) is 0 Å². The summed E-state index contributed by atoms with van der Waals surface area (Å²) in [4.78, 5) is 12.2. The minimum Gasteiger partial charge on any atom is -0.319 e. The number of benzene rings is 1. The first-order valence-electron chi connectivity index (χ1n) is 5.50. The van der Waals surface area contributed by atoms with E-state index in [9.17, 15) is 4.79 Å². The third kappa shape index (κ3) is 1.89. The second kappa shape index (κ2) is 4.27.